The first-order chi connectivity index (χ1) is 12.2. The van der Waals surface area contributed by atoms with Crippen molar-refractivity contribution >= 4 is 0 Å². The zero-order valence-corrected chi connectivity index (χ0v) is 14.8. The molecule has 6 nitrogen and oxygen atoms in total. The third-order valence-electron chi connectivity index (χ3n) is 5.08. The Balaban J connectivity index is 1.26. The number of hydrogen-bond acceptors (Lipinski definition) is 5. The Bertz CT molecular complexity index is 682. The second kappa shape index (κ2) is 7.23. The van der Waals surface area contributed by atoms with Gasteiger partial charge in [-0.15, -0.1) is 0 Å². The van der Waals surface area contributed by atoms with E-state index < -0.39 is 0 Å². The second-order valence-electron chi connectivity index (χ2n) is 7.13. The summed E-state index contributed by atoms with van der Waals surface area (Å²) in [6.45, 7) is 7.31. The van der Waals surface area contributed by atoms with Crippen molar-refractivity contribution in [1.29, 1.82) is 0 Å². The average molecular weight is 342 g/mol. The van der Waals surface area contributed by atoms with Crippen molar-refractivity contribution < 1.29 is 9.47 Å². The standard InChI is InChI=1S/C19H26N4O2/c1-2-23-12-16(10-21-23)11-22-14-19(15-22)9-18(6-8-25-19)24-13-17-5-3-4-7-20-17/h3-5,7,10,12,18H,2,6,8-9,11,13-15H2,1H3. The van der Waals surface area contributed by atoms with Crippen molar-refractivity contribution in [2.75, 3.05) is 19.7 Å². The Morgan fingerprint density at radius 2 is 2.28 bits per heavy atom. The van der Waals surface area contributed by atoms with Gasteiger partial charge in [0.1, 0.15) is 0 Å². The van der Waals surface area contributed by atoms with Crippen LogP contribution in [0.15, 0.2) is 36.8 Å². The van der Waals surface area contributed by atoms with Gasteiger partial charge in [0.2, 0.25) is 0 Å². The smallest absolute Gasteiger partial charge is 0.0959 e. The van der Waals surface area contributed by atoms with E-state index in [1.807, 2.05) is 35.3 Å². The topological polar surface area (TPSA) is 52.4 Å². The molecule has 1 atom stereocenters. The summed E-state index contributed by atoms with van der Waals surface area (Å²) >= 11 is 0. The van der Waals surface area contributed by atoms with Crippen LogP contribution in [0, 0.1) is 0 Å². The lowest BCUT2D eigenvalue weighted by Gasteiger charge is -2.53. The number of likely N-dealkylation sites (tertiary alicyclic amines) is 1. The molecule has 2 aliphatic heterocycles. The van der Waals surface area contributed by atoms with Crippen LogP contribution in [0.25, 0.3) is 0 Å². The molecular formula is C19H26N4O2. The number of hydrogen-bond donors (Lipinski definition) is 0. The van der Waals surface area contributed by atoms with Crippen molar-refractivity contribution in [3.05, 3.63) is 48.0 Å². The molecule has 0 N–H and O–H groups in total. The molecule has 2 aromatic heterocycles. The number of pyridine rings is 1. The third-order valence-corrected chi connectivity index (χ3v) is 5.08. The van der Waals surface area contributed by atoms with Gasteiger partial charge < -0.3 is 9.47 Å². The van der Waals surface area contributed by atoms with E-state index in [-0.39, 0.29) is 11.7 Å². The zero-order chi connectivity index (χ0) is 17.1. The molecule has 0 bridgehead atoms. The van der Waals surface area contributed by atoms with E-state index in [9.17, 15) is 0 Å². The van der Waals surface area contributed by atoms with E-state index in [1.165, 1.54) is 5.56 Å². The fourth-order valence-electron chi connectivity index (χ4n) is 3.83. The lowest BCUT2D eigenvalue weighted by atomic mass is 9.84. The highest BCUT2D eigenvalue weighted by atomic mass is 16.5. The molecule has 2 aromatic rings. The lowest BCUT2D eigenvalue weighted by molar-refractivity contribution is -0.200. The van der Waals surface area contributed by atoms with E-state index in [1.54, 1.807) is 0 Å². The van der Waals surface area contributed by atoms with Crippen LogP contribution in [-0.2, 0) is 29.2 Å². The van der Waals surface area contributed by atoms with Crippen LogP contribution in [0.3, 0.4) is 0 Å². The SMILES string of the molecule is CCn1cc(CN2CC3(CC(OCc4ccccn4)CCO3)C2)cn1. The van der Waals surface area contributed by atoms with Gasteiger partial charge in [-0.05, 0) is 25.5 Å². The minimum absolute atomic E-state index is 0.0201. The number of aromatic nitrogens is 3. The van der Waals surface area contributed by atoms with E-state index in [4.69, 9.17) is 9.47 Å². The Labute approximate surface area is 148 Å². The molecule has 2 fully saturated rings. The van der Waals surface area contributed by atoms with Gasteiger partial charge in [-0.1, -0.05) is 6.07 Å². The van der Waals surface area contributed by atoms with Crippen LogP contribution >= 0.6 is 0 Å². The highest BCUT2D eigenvalue weighted by molar-refractivity contribution is 5.08. The van der Waals surface area contributed by atoms with Gasteiger partial charge in [-0.25, -0.2) is 0 Å². The van der Waals surface area contributed by atoms with E-state index >= 15 is 0 Å². The highest BCUT2D eigenvalue weighted by Crippen LogP contribution is 2.36. The van der Waals surface area contributed by atoms with Crippen molar-refractivity contribution in [2.24, 2.45) is 0 Å². The Kier molecular flexibility index (Phi) is 4.83. The number of ether oxygens (including phenoxy) is 2. The molecule has 1 unspecified atom stereocenters. The fraction of sp³-hybridized carbons (Fsp3) is 0.579. The maximum atomic E-state index is 6.12. The van der Waals surface area contributed by atoms with Crippen LogP contribution in [0.2, 0.25) is 0 Å². The fourth-order valence-corrected chi connectivity index (χ4v) is 3.83. The van der Waals surface area contributed by atoms with E-state index in [2.05, 4.69) is 28.1 Å². The van der Waals surface area contributed by atoms with Gasteiger partial charge >= 0.3 is 0 Å². The molecule has 0 aromatic carbocycles. The first-order valence-electron chi connectivity index (χ1n) is 9.14. The van der Waals surface area contributed by atoms with Crippen LogP contribution in [0.5, 0.6) is 0 Å². The van der Waals surface area contributed by atoms with Crippen LogP contribution < -0.4 is 0 Å². The van der Waals surface area contributed by atoms with Gasteiger partial charge in [-0.2, -0.15) is 5.10 Å². The van der Waals surface area contributed by atoms with Crippen LogP contribution in [0.1, 0.15) is 31.0 Å². The summed E-state index contributed by atoms with van der Waals surface area (Å²) in [7, 11) is 0. The van der Waals surface area contributed by atoms with E-state index in [0.717, 1.165) is 51.3 Å². The van der Waals surface area contributed by atoms with Crippen molar-refractivity contribution in [3.8, 4) is 0 Å². The van der Waals surface area contributed by atoms with Gasteiger partial charge in [-0.3, -0.25) is 14.6 Å². The van der Waals surface area contributed by atoms with Crippen molar-refractivity contribution in [2.45, 2.75) is 51.2 Å². The predicted octanol–water partition coefficient (Wildman–Crippen LogP) is 2.25. The Hall–Kier alpha value is -1.76. The Morgan fingerprint density at radius 1 is 1.36 bits per heavy atom. The monoisotopic (exact) mass is 342 g/mol. The molecule has 0 saturated carbocycles. The summed E-state index contributed by atoms with van der Waals surface area (Å²) in [4.78, 5) is 6.76. The van der Waals surface area contributed by atoms with Gasteiger partial charge in [0.15, 0.2) is 0 Å². The minimum atomic E-state index is -0.0201. The molecule has 0 aliphatic carbocycles. The lowest BCUT2D eigenvalue weighted by Crippen LogP contribution is -2.65. The largest absolute Gasteiger partial charge is 0.372 e. The third kappa shape index (κ3) is 3.92. The average Bonchev–Trinajstić information content (AvgIpc) is 3.08. The van der Waals surface area contributed by atoms with Crippen LogP contribution in [-0.4, -0.2) is 51.1 Å². The van der Waals surface area contributed by atoms with Crippen molar-refractivity contribution in [3.63, 3.8) is 0 Å². The summed E-state index contributed by atoms with van der Waals surface area (Å²) in [6, 6.07) is 5.94. The predicted molar refractivity (Wildman–Crippen MR) is 93.9 cm³/mol. The number of rotatable bonds is 6. The summed E-state index contributed by atoms with van der Waals surface area (Å²) < 4.78 is 14.2. The molecule has 2 saturated heterocycles. The molecule has 1 spiro atoms. The highest BCUT2D eigenvalue weighted by Gasteiger charge is 2.47. The number of nitrogens with zero attached hydrogens (tertiary/aromatic N) is 4. The normalized spacial score (nSPS) is 22.8. The maximum Gasteiger partial charge on any atom is 0.0959 e. The molecule has 4 rings (SSSR count). The Morgan fingerprint density at radius 3 is 3.04 bits per heavy atom. The van der Waals surface area contributed by atoms with Crippen LogP contribution in [0.4, 0.5) is 0 Å². The molecular weight excluding hydrogens is 316 g/mol. The summed E-state index contributed by atoms with van der Waals surface area (Å²) in [6.07, 6.45) is 8.12. The number of aryl methyl sites for hydroxylation is 1. The molecule has 2 aliphatic rings. The molecule has 0 radical (unpaired) electrons. The summed E-state index contributed by atoms with van der Waals surface area (Å²) in [5.41, 5.74) is 2.25. The van der Waals surface area contributed by atoms with Crippen molar-refractivity contribution in [1.82, 2.24) is 19.7 Å². The molecule has 134 valence electrons. The quantitative estimate of drug-likeness (QED) is 0.806. The first kappa shape index (κ1) is 16.7. The molecule has 6 heteroatoms. The zero-order valence-electron chi connectivity index (χ0n) is 14.8. The first-order valence-corrected chi connectivity index (χ1v) is 9.14. The summed E-state index contributed by atoms with van der Waals surface area (Å²) in [5, 5.41) is 4.35. The van der Waals surface area contributed by atoms with E-state index in [0.29, 0.717) is 6.61 Å². The van der Waals surface area contributed by atoms with Gasteiger partial charge in [0.25, 0.3) is 0 Å². The maximum absolute atomic E-state index is 6.12. The second-order valence-corrected chi connectivity index (χ2v) is 7.13. The molecule has 25 heavy (non-hydrogen) atoms. The minimum Gasteiger partial charge on any atom is -0.372 e. The summed E-state index contributed by atoms with van der Waals surface area (Å²) in [5.74, 6) is 0. The van der Waals surface area contributed by atoms with Gasteiger partial charge in [0, 0.05) is 57.2 Å². The molecule has 0 amide bonds. The van der Waals surface area contributed by atoms with Gasteiger partial charge in [0.05, 0.1) is 30.2 Å². The molecule has 4 heterocycles.